The molecule has 0 saturated heterocycles. The minimum absolute atomic E-state index is 0.00254. The molecule has 0 unspecified atom stereocenters. The fraction of sp³-hybridized carbons (Fsp3) is 0.417. The van der Waals surface area contributed by atoms with Crippen LogP contribution in [0.5, 0.6) is 5.75 Å². The van der Waals surface area contributed by atoms with E-state index in [1.165, 1.54) is 6.07 Å². The minimum Gasteiger partial charge on any atom is -0.488 e. The van der Waals surface area contributed by atoms with Gasteiger partial charge in [0, 0.05) is 11.8 Å². The first-order valence-corrected chi connectivity index (χ1v) is 6.16. The van der Waals surface area contributed by atoms with E-state index in [0.717, 1.165) is 12.8 Å². The molecule has 0 bridgehead atoms. The lowest BCUT2D eigenvalue weighted by Crippen LogP contribution is -2.21. The van der Waals surface area contributed by atoms with Crippen LogP contribution in [0.4, 0.5) is 4.39 Å². The van der Waals surface area contributed by atoms with Crippen molar-refractivity contribution in [2.75, 3.05) is 6.61 Å². The summed E-state index contributed by atoms with van der Waals surface area (Å²) in [5.41, 5.74) is 5.52. The van der Waals surface area contributed by atoms with E-state index in [9.17, 15) is 4.39 Å². The smallest absolute Gasteiger partial charge is 0.173 e. The highest BCUT2D eigenvalue weighted by Gasteiger charge is 2.44. The molecule has 2 rings (SSSR count). The molecule has 1 fully saturated rings. The highest BCUT2D eigenvalue weighted by atomic mass is 35.5. The Balaban J connectivity index is 2.01. The molecule has 92 valence electrons. The van der Waals surface area contributed by atoms with E-state index in [0.29, 0.717) is 18.0 Å². The summed E-state index contributed by atoms with van der Waals surface area (Å²) in [5, 5.41) is 0.288. The van der Waals surface area contributed by atoms with Crippen LogP contribution in [0.2, 0.25) is 5.02 Å². The van der Waals surface area contributed by atoms with Gasteiger partial charge >= 0.3 is 0 Å². The van der Waals surface area contributed by atoms with Gasteiger partial charge in [-0.2, -0.15) is 0 Å². The Morgan fingerprint density at radius 3 is 2.76 bits per heavy atom. The van der Waals surface area contributed by atoms with Crippen LogP contribution in [0, 0.1) is 11.2 Å². The first-order valence-electron chi connectivity index (χ1n) is 5.38. The second-order valence-corrected chi connectivity index (χ2v) is 5.41. The fourth-order valence-corrected chi connectivity index (χ4v) is 2.29. The zero-order valence-corrected chi connectivity index (χ0v) is 10.8. The zero-order valence-electron chi connectivity index (χ0n) is 9.21. The van der Waals surface area contributed by atoms with Gasteiger partial charge in [-0.05, 0) is 25.0 Å². The first-order chi connectivity index (χ1) is 8.02. The minimum atomic E-state index is -0.441. The maximum atomic E-state index is 13.4. The Morgan fingerprint density at radius 1 is 1.53 bits per heavy atom. The van der Waals surface area contributed by atoms with Crippen molar-refractivity contribution < 1.29 is 9.13 Å². The van der Waals surface area contributed by atoms with Crippen LogP contribution < -0.4 is 10.5 Å². The number of ether oxygens (including phenoxy) is 1. The van der Waals surface area contributed by atoms with Gasteiger partial charge in [-0.1, -0.05) is 29.9 Å². The second-order valence-electron chi connectivity index (χ2n) is 4.48. The average molecular weight is 274 g/mol. The number of para-hydroxylation sites is 1. The van der Waals surface area contributed by atoms with E-state index in [1.54, 1.807) is 12.1 Å². The van der Waals surface area contributed by atoms with Crippen LogP contribution in [-0.4, -0.2) is 11.6 Å². The fourth-order valence-electron chi connectivity index (χ4n) is 1.76. The number of rotatable bonds is 5. The lowest BCUT2D eigenvalue weighted by molar-refractivity contribution is 0.230. The van der Waals surface area contributed by atoms with Crippen LogP contribution in [0.15, 0.2) is 18.2 Å². The van der Waals surface area contributed by atoms with E-state index in [1.807, 2.05) is 0 Å². The summed E-state index contributed by atoms with van der Waals surface area (Å²) in [6, 6.07) is 4.48. The monoisotopic (exact) mass is 273 g/mol. The van der Waals surface area contributed by atoms with Crippen LogP contribution in [-0.2, 0) is 0 Å². The lowest BCUT2D eigenvalue weighted by atomic mass is 10.0. The SMILES string of the molecule is NC(=S)CC1(COc2c(F)cccc2Cl)CC1. The summed E-state index contributed by atoms with van der Waals surface area (Å²) in [5.74, 6) is -0.327. The quantitative estimate of drug-likeness (QED) is 0.836. The van der Waals surface area contributed by atoms with Crippen molar-refractivity contribution in [3.63, 3.8) is 0 Å². The van der Waals surface area contributed by atoms with Gasteiger partial charge in [0.1, 0.15) is 0 Å². The number of halogens is 2. The number of benzene rings is 1. The average Bonchev–Trinajstić information content (AvgIpc) is 2.96. The van der Waals surface area contributed by atoms with Crippen LogP contribution in [0.1, 0.15) is 19.3 Å². The summed E-state index contributed by atoms with van der Waals surface area (Å²) < 4.78 is 18.9. The normalized spacial score (nSPS) is 16.6. The molecule has 1 aromatic carbocycles. The molecule has 0 radical (unpaired) electrons. The van der Waals surface area contributed by atoms with Gasteiger partial charge in [0.25, 0.3) is 0 Å². The van der Waals surface area contributed by atoms with Crippen molar-refractivity contribution in [3.8, 4) is 5.75 Å². The molecule has 2 N–H and O–H groups in total. The van der Waals surface area contributed by atoms with Crippen molar-refractivity contribution in [2.45, 2.75) is 19.3 Å². The van der Waals surface area contributed by atoms with E-state index >= 15 is 0 Å². The lowest BCUT2D eigenvalue weighted by Gasteiger charge is -2.16. The van der Waals surface area contributed by atoms with Gasteiger partial charge in [-0.25, -0.2) is 4.39 Å². The molecule has 0 amide bonds. The number of hydrogen-bond donors (Lipinski definition) is 1. The Hall–Kier alpha value is -0.870. The molecule has 5 heteroatoms. The summed E-state index contributed by atoms with van der Waals surface area (Å²) in [6.45, 7) is 0.408. The largest absolute Gasteiger partial charge is 0.488 e. The van der Waals surface area contributed by atoms with E-state index in [2.05, 4.69) is 0 Å². The van der Waals surface area contributed by atoms with Gasteiger partial charge < -0.3 is 10.5 Å². The molecule has 0 atom stereocenters. The van der Waals surface area contributed by atoms with E-state index in [4.69, 9.17) is 34.3 Å². The third kappa shape index (κ3) is 3.07. The van der Waals surface area contributed by atoms with Crippen LogP contribution >= 0.6 is 23.8 Å². The molecule has 0 aliphatic heterocycles. The number of thiocarbonyl (C=S) groups is 1. The molecule has 0 aromatic heterocycles. The predicted octanol–water partition coefficient (Wildman–Crippen LogP) is 3.31. The third-order valence-electron chi connectivity index (χ3n) is 2.95. The topological polar surface area (TPSA) is 35.2 Å². The van der Waals surface area contributed by atoms with E-state index < -0.39 is 5.82 Å². The van der Waals surface area contributed by atoms with Crippen molar-refractivity contribution in [1.29, 1.82) is 0 Å². The van der Waals surface area contributed by atoms with Crippen molar-refractivity contribution >= 4 is 28.8 Å². The number of hydrogen-bond acceptors (Lipinski definition) is 2. The number of nitrogens with two attached hydrogens (primary N) is 1. The molecule has 1 aliphatic rings. The highest BCUT2D eigenvalue weighted by molar-refractivity contribution is 7.80. The van der Waals surface area contributed by atoms with Crippen LogP contribution in [0.25, 0.3) is 0 Å². The Kier molecular flexibility index (Phi) is 3.54. The Bertz CT molecular complexity index is 428. The van der Waals surface area contributed by atoms with Gasteiger partial charge in [0.2, 0.25) is 0 Å². The maximum Gasteiger partial charge on any atom is 0.173 e. The van der Waals surface area contributed by atoms with Gasteiger partial charge in [0.05, 0.1) is 16.6 Å². The molecule has 0 spiro atoms. The third-order valence-corrected chi connectivity index (χ3v) is 3.39. The highest BCUT2D eigenvalue weighted by Crippen LogP contribution is 2.49. The summed E-state index contributed by atoms with van der Waals surface area (Å²) in [7, 11) is 0. The van der Waals surface area contributed by atoms with Crippen molar-refractivity contribution in [3.05, 3.63) is 29.0 Å². The Labute approximate surface area is 110 Å². The summed E-state index contributed by atoms with van der Waals surface area (Å²) in [6.07, 6.45) is 2.67. The molecule has 1 saturated carbocycles. The molecule has 0 heterocycles. The standard InChI is InChI=1S/C12H13ClFNOS/c13-8-2-1-3-9(14)11(8)16-7-12(4-5-12)6-10(15)17/h1-3H,4-7H2,(H2,15,17). The molecular weight excluding hydrogens is 261 g/mol. The summed E-state index contributed by atoms with van der Waals surface area (Å²) in [4.78, 5) is 0.478. The van der Waals surface area contributed by atoms with Gasteiger partial charge in [0.15, 0.2) is 11.6 Å². The molecule has 1 aromatic rings. The zero-order chi connectivity index (χ0) is 12.5. The molecule has 17 heavy (non-hydrogen) atoms. The van der Waals surface area contributed by atoms with Crippen molar-refractivity contribution in [1.82, 2.24) is 0 Å². The van der Waals surface area contributed by atoms with Gasteiger partial charge in [-0.3, -0.25) is 0 Å². The maximum absolute atomic E-state index is 13.4. The van der Waals surface area contributed by atoms with Gasteiger partial charge in [-0.15, -0.1) is 0 Å². The molecular formula is C12H13ClFNOS. The molecule has 2 nitrogen and oxygen atoms in total. The Morgan fingerprint density at radius 2 is 2.24 bits per heavy atom. The van der Waals surface area contributed by atoms with E-state index in [-0.39, 0.29) is 16.2 Å². The predicted molar refractivity (Wildman–Crippen MR) is 70.0 cm³/mol. The summed E-state index contributed by atoms with van der Waals surface area (Å²) >= 11 is 10.8. The second kappa shape index (κ2) is 4.78. The molecule has 1 aliphatic carbocycles. The van der Waals surface area contributed by atoms with Crippen LogP contribution in [0.3, 0.4) is 0 Å². The first kappa shape index (κ1) is 12.6. The van der Waals surface area contributed by atoms with Crippen molar-refractivity contribution in [2.24, 2.45) is 11.1 Å².